The smallest absolute Gasteiger partial charge is 0.322 e. The number of carbonyl (C=O) groups is 3. The highest BCUT2D eigenvalue weighted by Gasteiger charge is 2.50. The zero-order valence-corrected chi connectivity index (χ0v) is 13.9. The normalized spacial score (nSPS) is 19.9. The quantitative estimate of drug-likeness (QED) is 0.505. The van der Waals surface area contributed by atoms with Gasteiger partial charge < -0.3 is 20.2 Å². The summed E-state index contributed by atoms with van der Waals surface area (Å²) in [6.07, 6.45) is 4.99. The predicted molar refractivity (Wildman–Crippen MR) is 90.1 cm³/mol. The molecule has 9 nitrogen and oxygen atoms in total. The lowest BCUT2D eigenvalue weighted by atomic mass is 9.98. The summed E-state index contributed by atoms with van der Waals surface area (Å²) in [5.41, 5.74) is -0.566. The number of H-pyrrole nitrogens is 1. The number of aryl methyl sites for hydroxylation is 1. The van der Waals surface area contributed by atoms with Gasteiger partial charge in [-0.2, -0.15) is 0 Å². The van der Waals surface area contributed by atoms with Gasteiger partial charge in [0.05, 0.1) is 21.6 Å². The van der Waals surface area contributed by atoms with Gasteiger partial charge in [0.15, 0.2) is 5.54 Å². The number of nitrogens with one attached hydrogen (secondary N) is 4. The van der Waals surface area contributed by atoms with Crippen molar-refractivity contribution in [2.75, 3.05) is 6.54 Å². The third-order valence-electron chi connectivity index (χ3n) is 4.12. The number of aromatic nitrogens is 3. The highest BCUT2D eigenvalue weighted by Crippen LogP contribution is 2.26. The third-order valence-corrected chi connectivity index (χ3v) is 5.22. The van der Waals surface area contributed by atoms with E-state index in [9.17, 15) is 14.4 Å². The Labute approximate surface area is 145 Å². The summed E-state index contributed by atoms with van der Waals surface area (Å²) in [6, 6.07) is 3.01. The molecule has 0 radical (unpaired) electrons. The molecule has 3 aromatic rings. The Hall–Kier alpha value is -3.14. The summed E-state index contributed by atoms with van der Waals surface area (Å²) in [4.78, 5) is 44.3. The van der Waals surface area contributed by atoms with Crippen LogP contribution in [0.1, 0.15) is 15.5 Å². The van der Waals surface area contributed by atoms with Gasteiger partial charge in [0.1, 0.15) is 5.82 Å². The Morgan fingerprint density at radius 2 is 2.28 bits per heavy atom. The molecule has 1 saturated heterocycles. The molecule has 1 aliphatic heterocycles. The average molecular weight is 358 g/mol. The van der Waals surface area contributed by atoms with Crippen molar-refractivity contribution in [1.82, 2.24) is 30.5 Å². The second kappa shape index (κ2) is 5.45. The van der Waals surface area contributed by atoms with E-state index in [-0.39, 0.29) is 12.5 Å². The Morgan fingerprint density at radius 1 is 1.44 bits per heavy atom. The summed E-state index contributed by atoms with van der Waals surface area (Å²) < 4.78 is 2.60. The highest BCUT2D eigenvalue weighted by atomic mass is 32.1. The molecule has 4 amide bonds. The lowest BCUT2D eigenvalue weighted by Gasteiger charge is -2.25. The molecular formula is C15H14N6O3S. The van der Waals surface area contributed by atoms with Gasteiger partial charge in [-0.05, 0) is 12.1 Å². The minimum absolute atomic E-state index is 0.111. The highest BCUT2D eigenvalue weighted by molar-refractivity contribution is 7.20. The number of imidazole rings is 1. The maximum absolute atomic E-state index is 12.5. The van der Waals surface area contributed by atoms with Crippen LogP contribution in [0.4, 0.5) is 4.79 Å². The fourth-order valence-electron chi connectivity index (χ4n) is 2.89. The van der Waals surface area contributed by atoms with E-state index in [4.69, 9.17) is 0 Å². The molecule has 0 saturated carbocycles. The number of carbonyl (C=O) groups excluding carboxylic acids is 3. The summed E-state index contributed by atoms with van der Waals surface area (Å²) in [6.45, 7) is -0.111. The third kappa shape index (κ3) is 2.38. The minimum Gasteiger partial charge on any atom is -0.360 e. The van der Waals surface area contributed by atoms with Crippen LogP contribution in [0.15, 0.2) is 30.7 Å². The maximum atomic E-state index is 12.5. The lowest BCUT2D eigenvalue weighted by molar-refractivity contribution is -0.124. The second-order valence-corrected chi connectivity index (χ2v) is 6.81. The van der Waals surface area contributed by atoms with Crippen molar-refractivity contribution in [2.45, 2.75) is 5.54 Å². The van der Waals surface area contributed by atoms with Crippen molar-refractivity contribution >= 4 is 39.4 Å². The molecule has 10 heteroatoms. The van der Waals surface area contributed by atoms with Gasteiger partial charge in [0.2, 0.25) is 0 Å². The number of fused-ring (bicyclic) bond motifs is 1. The zero-order chi connectivity index (χ0) is 17.6. The molecular weight excluding hydrogens is 344 g/mol. The van der Waals surface area contributed by atoms with E-state index < -0.39 is 17.5 Å². The van der Waals surface area contributed by atoms with Crippen LogP contribution in [0.5, 0.6) is 0 Å². The molecule has 128 valence electrons. The fraction of sp³-hybridized carbons (Fsp3) is 0.200. The van der Waals surface area contributed by atoms with Gasteiger partial charge in [-0.25, -0.2) is 9.78 Å². The molecule has 4 N–H and O–H groups in total. The van der Waals surface area contributed by atoms with E-state index in [1.54, 1.807) is 30.1 Å². The number of nitrogens with zero attached hydrogens (tertiary/aromatic N) is 2. The van der Waals surface area contributed by atoms with E-state index in [1.807, 2.05) is 6.07 Å². The molecule has 1 unspecified atom stereocenters. The predicted octanol–water partition coefficient (Wildman–Crippen LogP) is 0.428. The largest absolute Gasteiger partial charge is 0.360 e. The van der Waals surface area contributed by atoms with Crippen LogP contribution < -0.4 is 16.0 Å². The SMILES string of the molecule is Cn1ccnc1C1(CNC(=O)c2cc3[nH]ccc3s2)NC(=O)NC1=O. The standard InChI is InChI=1S/C15H14N6O3S/c1-21-5-4-17-12(21)15(13(23)19-14(24)20-15)7-18-11(22)10-6-8-9(25-10)2-3-16-8/h2-6,16H,7H2,1H3,(H,18,22)(H2,19,20,23,24). The summed E-state index contributed by atoms with van der Waals surface area (Å²) in [7, 11) is 1.71. The van der Waals surface area contributed by atoms with Crippen molar-refractivity contribution in [3.05, 3.63) is 41.4 Å². The number of thiophene rings is 1. The summed E-state index contributed by atoms with van der Waals surface area (Å²) in [5, 5.41) is 7.52. The Balaban J connectivity index is 1.60. The van der Waals surface area contributed by atoms with E-state index >= 15 is 0 Å². The first-order chi connectivity index (χ1) is 12.0. The van der Waals surface area contributed by atoms with Crippen molar-refractivity contribution in [3.63, 3.8) is 0 Å². The van der Waals surface area contributed by atoms with Gasteiger partial charge in [-0.1, -0.05) is 0 Å². The van der Waals surface area contributed by atoms with Crippen LogP contribution >= 0.6 is 11.3 Å². The Kier molecular flexibility index (Phi) is 3.35. The van der Waals surface area contributed by atoms with Gasteiger partial charge in [0.25, 0.3) is 11.8 Å². The van der Waals surface area contributed by atoms with E-state index in [2.05, 4.69) is 25.9 Å². The first kappa shape index (κ1) is 15.4. The van der Waals surface area contributed by atoms with Crippen LogP contribution in [0.25, 0.3) is 10.2 Å². The van der Waals surface area contributed by atoms with E-state index in [0.29, 0.717) is 10.7 Å². The minimum atomic E-state index is -1.44. The van der Waals surface area contributed by atoms with Crippen LogP contribution in [-0.2, 0) is 17.4 Å². The number of aromatic amines is 1. The average Bonchev–Trinajstić information content (AvgIpc) is 3.29. The Bertz CT molecular complexity index is 973. The van der Waals surface area contributed by atoms with Crippen LogP contribution in [0, 0.1) is 0 Å². The number of imide groups is 1. The maximum Gasteiger partial charge on any atom is 0.322 e. The van der Waals surface area contributed by atoms with Crippen LogP contribution in [0.2, 0.25) is 0 Å². The molecule has 0 aromatic carbocycles. The number of hydrogen-bond donors (Lipinski definition) is 4. The molecule has 1 fully saturated rings. The molecule has 1 atom stereocenters. The first-order valence-electron chi connectivity index (χ1n) is 7.46. The summed E-state index contributed by atoms with van der Waals surface area (Å²) >= 11 is 1.34. The van der Waals surface area contributed by atoms with Crippen LogP contribution in [-0.4, -0.2) is 38.9 Å². The number of rotatable bonds is 4. The second-order valence-electron chi connectivity index (χ2n) is 5.72. The molecule has 4 heterocycles. The fourth-order valence-corrected chi connectivity index (χ4v) is 3.83. The van der Waals surface area contributed by atoms with Crippen LogP contribution in [0.3, 0.4) is 0 Å². The van der Waals surface area contributed by atoms with Gasteiger partial charge in [0, 0.05) is 25.6 Å². The number of hydrogen-bond acceptors (Lipinski definition) is 5. The monoisotopic (exact) mass is 358 g/mol. The van der Waals surface area contributed by atoms with Gasteiger partial charge in [-0.3, -0.25) is 14.9 Å². The molecule has 3 aromatic heterocycles. The van der Waals surface area contributed by atoms with E-state index in [0.717, 1.165) is 10.2 Å². The van der Waals surface area contributed by atoms with Crippen molar-refractivity contribution in [1.29, 1.82) is 0 Å². The number of amides is 4. The lowest BCUT2D eigenvalue weighted by Crippen LogP contribution is -2.54. The van der Waals surface area contributed by atoms with Crippen molar-refractivity contribution in [2.24, 2.45) is 7.05 Å². The van der Waals surface area contributed by atoms with Gasteiger partial charge in [-0.15, -0.1) is 11.3 Å². The molecule has 0 aliphatic carbocycles. The zero-order valence-electron chi connectivity index (χ0n) is 13.1. The van der Waals surface area contributed by atoms with Gasteiger partial charge >= 0.3 is 6.03 Å². The number of urea groups is 1. The molecule has 0 spiro atoms. The summed E-state index contributed by atoms with van der Waals surface area (Å²) in [5.74, 6) is -0.531. The topological polar surface area (TPSA) is 121 Å². The van der Waals surface area contributed by atoms with Crippen molar-refractivity contribution in [3.8, 4) is 0 Å². The molecule has 4 rings (SSSR count). The Morgan fingerprint density at radius 3 is 2.92 bits per heavy atom. The molecule has 0 bridgehead atoms. The first-order valence-corrected chi connectivity index (χ1v) is 8.28. The van der Waals surface area contributed by atoms with E-state index in [1.165, 1.54) is 17.5 Å². The molecule has 25 heavy (non-hydrogen) atoms. The molecule has 1 aliphatic rings. The van der Waals surface area contributed by atoms with Crippen molar-refractivity contribution < 1.29 is 14.4 Å².